The molecule has 1 aromatic heterocycles. The minimum atomic E-state index is -1.10. The van der Waals surface area contributed by atoms with Crippen LogP contribution in [0.4, 0.5) is 5.82 Å². The maximum atomic E-state index is 11.6. The molecule has 0 spiro atoms. The molecule has 0 unspecified atom stereocenters. The molecule has 0 aromatic carbocycles. The van der Waals surface area contributed by atoms with E-state index in [1.165, 1.54) is 0 Å². The second-order valence-corrected chi connectivity index (χ2v) is 3.36. The number of hydrogen-bond acceptors (Lipinski definition) is 6. The maximum absolute atomic E-state index is 11.6. The lowest BCUT2D eigenvalue weighted by atomic mass is 10.3. The minimum Gasteiger partial charge on any atom is -0.481 e. The first-order chi connectivity index (χ1) is 8.47. The maximum Gasteiger partial charge on any atom is 0.343 e. The monoisotopic (exact) mass is 255 g/mol. The molecular weight excluding hydrogens is 242 g/mol. The highest BCUT2D eigenvalue weighted by molar-refractivity contribution is 5.96. The summed E-state index contributed by atoms with van der Waals surface area (Å²) >= 11 is 0. The average Bonchev–Trinajstić information content (AvgIpc) is 2.68. The number of esters is 1. The summed E-state index contributed by atoms with van der Waals surface area (Å²) in [5.41, 5.74) is 5.56. The van der Waals surface area contributed by atoms with E-state index >= 15 is 0 Å². The van der Waals surface area contributed by atoms with Crippen molar-refractivity contribution in [1.82, 2.24) is 9.78 Å². The van der Waals surface area contributed by atoms with Crippen LogP contribution in [-0.2, 0) is 9.53 Å². The highest BCUT2D eigenvalue weighted by Gasteiger charge is 2.20. The summed E-state index contributed by atoms with van der Waals surface area (Å²) in [6, 6.07) is 0. The van der Waals surface area contributed by atoms with Crippen LogP contribution in [0.25, 0.3) is 0 Å². The summed E-state index contributed by atoms with van der Waals surface area (Å²) in [7, 11) is 0. The van der Waals surface area contributed by atoms with E-state index in [2.05, 4.69) is 5.10 Å². The van der Waals surface area contributed by atoms with Gasteiger partial charge in [-0.25, -0.2) is 4.79 Å². The van der Waals surface area contributed by atoms with Gasteiger partial charge in [-0.15, -0.1) is 0 Å². The van der Waals surface area contributed by atoms with Crippen LogP contribution in [0.2, 0.25) is 0 Å². The van der Waals surface area contributed by atoms with Gasteiger partial charge in [0.15, 0.2) is 0 Å². The predicted octanol–water partition coefficient (Wildman–Crippen LogP) is 0.147. The Balaban J connectivity index is 2.82. The molecular formula is C10H13N3O5. The summed E-state index contributed by atoms with van der Waals surface area (Å²) in [6.45, 7) is 1.81. The predicted molar refractivity (Wildman–Crippen MR) is 60.1 cm³/mol. The van der Waals surface area contributed by atoms with Crippen LogP contribution in [-0.4, -0.2) is 39.3 Å². The van der Waals surface area contributed by atoms with E-state index in [0.29, 0.717) is 0 Å². The number of ether oxygens (including phenoxy) is 1. The van der Waals surface area contributed by atoms with Crippen molar-refractivity contribution in [2.75, 3.05) is 12.3 Å². The molecule has 0 fully saturated rings. The third kappa shape index (κ3) is 3.06. The quantitative estimate of drug-likeness (QED) is 0.717. The second-order valence-electron chi connectivity index (χ2n) is 3.36. The van der Waals surface area contributed by atoms with Gasteiger partial charge in [0.05, 0.1) is 19.2 Å². The minimum absolute atomic E-state index is 0.0134. The molecule has 0 bridgehead atoms. The molecule has 8 nitrogen and oxygen atoms in total. The van der Waals surface area contributed by atoms with Gasteiger partial charge in [0.2, 0.25) is 5.91 Å². The molecule has 3 N–H and O–H groups in total. The third-order valence-electron chi connectivity index (χ3n) is 2.09. The zero-order valence-electron chi connectivity index (χ0n) is 9.75. The number of anilines is 1. The summed E-state index contributed by atoms with van der Waals surface area (Å²) in [4.78, 5) is 33.3. The van der Waals surface area contributed by atoms with Gasteiger partial charge < -0.3 is 15.6 Å². The first kappa shape index (κ1) is 13.7. The Bertz CT molecular complexity index is 480. The number of nitrogens with zero attached hydrogens (tertiary/aromatic N) is 2. The number of nitrogens with two attached hydrogens (primary N) is 1. The summed E-state index contributed by atoms with van der Waals surface area (Å²) in [6.07, 6.45) is 0.544. The molecule has 1 rings (SSSR count). The number of rotatable bonds is 5. The molecule has 1 heterocycles. The van der Waals surface area contributed by atoms with Gasteiger partial charge in [0, 0.05) is 6.42 Å². The molecule has 0 saturated heterocycles. The van der Waals surface area contributed by atoms with Crippen LogP contribution < -0.4 is 5.73 Å². The van der Waals surface area contributed by atoms with E-state index in [0.717, 1.165) is 10.9 Å². The largest absolute Gasteiger partial charge is 0.481 e. The van der Waals surface area contributed by atoms with Crippen LogP contribution in [0.1, 0.15) is 34.9 Å². The number of hydrogen-bond donors (Lipinski definition) is 2. The van der Waals surface area contributed by atoms with Crippen molar-refractivity contribution in [2.24, 2.45) is 0 Å². The molecule has 0 aliphatic rings. The van der Waals surface area contributed by atoms with Crippen molar-refractivity contribution in [2.45, 2.75) is 19.8 Å². The highest BCUT2D eigenvalue weighted by atomic mass is 16.5. The molecule has 18 heavy (non-hydrogen) atoms. The van der Waals surface area contributed by atoms with Crippen LogP contribution in [0.15, 0.2) is 6.20 Å². The Morgan fingerprint density at radius 2 is 2.11 bits per heavy atom. The van der Waals surface area contributed by atoms with Gasteiger partial charge >= 0.3 is 11.9 Å². The smallest absolute Gasteiger partial charge is 0.343 e. The Morgan fingerprint density at radius 1 is 1.44 bits per heavy atom. The van der Waals surface area contributed by atoms with Gasteiger partial charge in [0.25, 0.3) is 0 Å². The summed E-state index contributed by atoms with van der Waals surface area (Å²) in [5.74, 6) is -2.51. The Labute approximate surface area is 102 Å². The lowest BCUT2D eigenvalue weighted by Crippen LogP contribution is -2.17. The van der Waals surface area contributed by atoms with E-state index < -0.39 is 17.8 Å². The lowest BCUT2D eigenvalue weighted by Gasteiger charge is -2.03. The van der Waals surface area contributed by atoms with Crippen LogP contribution in [0.3, 0.4) is 0 Å². The van der Waals surface area contributed by atoms with E-state index in [1.54, 1.807) is 6.92 Å². The molecule has 1 aromatic rings. The number of nitrogen functional groups attached to an aromatic ring is 1. The number of carbonyl (C=O) groups excluding carboxylic acids is 2. The molecule has 0 atom stereocenters. The molecule has 0 aliphatic carbocycles. The first-order valence-electron chi connectivity index (χ1n) is 5.23. The highest BCUT2D eigenvalue weighted by Crippen LogP contribution is 2.13. The van der Waals surface area contributed by atoms with E-state index in [9.17, 15) is 14.4 Å². The number of carboxylic acids is 1. The number of aromatic nitrogens is 2. The lowest BCUT2D eigenvalue weighted by molar-refractivity contribution is -0.137. The molecule has 0 saturated carbocycles. The van der Waals surface area contributed by atoms with E-state index in [-0.39, 0.29) is 30.8 Å². The van der Waals surface area contributed by atoms with Crippen LogP contribution in [0, 0.1) is 0 Å². The van der Waals surface area contributed by atoms with Crippen molar-refractivity contribution in [1.29, 1.82) is 0 Å². The summed E-state index contributed by atoms with van der Waals surface area (Å²) < 4.78 is 5.52. The molecule has 0 aliphatic heterocycles. The van der Waals surface area contributed by atoms with Crippen molar-refractivity contribution in [3.63, 3.8) is 0 Å². The number of aliphatic carboxylic acids is 1. The van der Waals surface area contributed by atoms with Gasteiger partial charge in [-0.1, -0.05) is 0 Å². The zero-order chi connectivity index (χ0) is 13.7. The fourth-order valence-electron chi connectivity index (χ4n) is 1.24. The van der Waals surface area contributed by atoms with E-state index in [1.807, 2.05) is 0 Å². The fraction of sp³-hybridized carbons (Fsp3) is 0.400. The average molecular weight is 255 g/mol. The topological polar surface area (TPSA) is 125 Å². The second kappa shape index (κ2) is 5.80. The molecule has 0 amide bonds. The Hall–Kier alpha value is -2.38. The first-order valence-corrected chi connectivity index (χ1v) is 5.23. The summed E-state index contributed by atoms with van der Waals surface area (Å²) in [5, 5.41) is 12.1. The Kier molecular flexibility index (Phi) is 4.41. The van der Waals surface area contributed by atoms with Gasteiger partial charge in [-0.05, 0) is 6.92 Å². The normalized spacial score (nSPS) is 10.1. The van der Waals surface area contributed by atoms with Gasteiger partial charge in [0.1, 0.15) is 11.4 Å². The SMILES string of the molecule is CCOC(=O)c1cnn(C(=O)CCC(=O)O)c1N. The van der Waals surface area contributed by atoms with Crippen molar-refractivity contribution in [3.8, 4) is 0 Å². The Morgan fingerprint density at radius 3 is 2.67 bits per heavy atom. The van der Waals surface area contributed by atoms with Gasteiger partial charge in [-0.3, -0.25) is 9.59 Å². The van der Waals surface area contributed by atoms with E-state index in [4.69, 9.17) is 15.6 Å². The molecule has 8 heteroatoms. The van der Waals surface area contributed by atoms with Crippen LogP contribution in [0.5, 0.6) is 0 Å². The van der Waals surface area contributed by atoms with Gasteiger partial charge in [-0.2, -0.15) is 9.78 Å². The van der Waals surface area contributed by atoms with Crippen LogP contribution >= 0.6 is 0 Å². The standard InChI is InChI=1S/C10H13N3O5/c1-2-18-10(17)6-5-12-13(9(6)11)7(14)3-4-8(15)16/h5H,2-4,11H2,1H3,(H,15,16). The third-order valence-corrected chi connectivity index (χ3v) is 2.09. The molecule has 98 valence electrons. The molecule has 0 radical (unpaired) electrons. The van der Waals surface area contributed by atoms with Crippen molar-refractivity contribution < 1.29 is 24.2 Å². The zero-order valence-corrected chi connectivity index (χ0v) is 9.75. The number of carbonyl (C=O) groups is 3. The number of carboxylic acid groups (broad SMARTS) is 1. The van der Waals surface area contributed by atoms with Crippen molar-refractivity contribution >= 4 is 23.7 Å². The van der Waals surface area contributed by atoms with Crippen molar-refractivity contribution in [3.05, 3.63) is 11.8 Å². The fourth-order valence-corrected chi connectivity index (χ4v) is 1.24.